The SMILES string of the molecule is O=C(NCC1(O)CCOC1)NC(CC1CCC1)c1ccccc1. The van der Waals surface area contributed by atoms with E-state index in [1.54, 1.807) is 0 Å². The molecule has 2 amide bonds. The Balaban J connectivity index is 1.55. The summed E-state index contributed by atoms with van der Waals surface area (Å²) in [6.07, 6.45) is 5.35. The molecule has 2 fully saturated rings. The standard InChI is InChI=1S/C18H26N2O3/c21-17(19-12-18(22)9-10-23-13-18)20-16(11-14-5-4-6-14)15-7-2-1-3-8-15/h1-3,7-8,14,16,22H,4-6,9-13H2,(H2,19,20,21). The number of rotatable bonds is 6. The van der Waals surface area contributed by atoms with Gasteiger partial charge in [0.1, 0.15) is 5.60 Å². The molecule has 1 saturated carbocycles. The molecule has 2 unspecified atom stereocenters. The lowest BCUT2D eigenvalue weighted by atomic mass is 9.79. The number of nitrogens with one attached hydrogen (secondary N) is 2. The number of carbonyl (C=O) groups is 1. The Morgan fingerprint density at radius 3 is 2.74 bits per heavy atom. The third-order valence-electron chi connectivity index (χ3n) is 4.96. The van der Waals surface area contributed by atoms with Crippen molar-refractivity contribution in [3.8, 4) is 0 Å². The van der Waals surface area contributed by atoms with Gasteiger partial charge in [-0.3, -0.25) is 0 Å². The van der Waals surface area contributed by atoms with Gasteiger partial charge in [-0.1, -0.05) is 49.6 Å². The van der Waals surface area contributed by atoms with E-state index < -0.39 is 5.60 Å². The zero-order chi connectivity index (χ0) is 16.1. The lowest BCUT2D eigenvalue weighted by molar-refractivity contribution is 0.0290. The molecule has 1 aliphatic carbocycles. The molecule has 1 aromatic rings. The van der Waals surface area contributed by atoms with Crippen molar-refractivity contribution in [1.82, 2.24) is 10.6 Å². The van der Waals surface area contributed by atoms with Gasteiger partial charge in [-0.2, -0.15) is 0 Å². The quantitative estimate of drug-likeness (QED) is 0.754. The summed E-state index contributed by atoms with van der Waals surface area (Å²) < 4.78 is 5.20. The molecule has 5 heteroatoms. The van der Waals surface area contributed by atoms with Crippen LogP contribution in [0.4, 0.5) is 4.79 Å². The molecule has 0 aromatic heterocycles. The van der Waals surface area contributed by atoms with E-state index >= 15 is 0 Å². The molecule has 1 heterocycles. The number of urea groups is 1. The highest BCUT2D eigenvalue weighted by Crippen LogP contribution is 2.34. The smallest absolute Gasteiger partial charge is 0.315 e. The Hall–Kier alpha value is -1.59. The second kappa shape index (κ2) is 7.32. The van der Waals surface area contributed by atoms with Gasteiger partial charge in [0.05, 0.1) is 19.2 Å². The van der Waals surface area contributed by atoms with Gasteiger partial charge in [-0.05, 0) is 17.9 Å². The number of hydrogen-bond acceptors (Lipinski definition) is 3. The van der Waals surface area contributed by atoms with E-state index in [0.29, 0.717) is 18.9 Å². The molecular weight excluding hydrogens is 292 g/mol. The van der Waals surface area contributed by atoms with E-state index in [2.05, 4.69) is 22.8 Å². The number of carbonyl (C=O) groups excluding carboxylic acids is 1. The summed E-state index contributed by atoms with van der Waals surface area (Å²) in [6, 6.07) is 9.90. The van der Waals surface area contributed by atoms with E-state index in [1.807, 2.05) is 18.2 Å². The summed E-state index contributed by atoms with van der Waals surface area (Å²) in [5.74, 6) is 0.702. The molecule has 3 N–H and O–H groups in total. The van der Waals surface area contributed by atoms with Crippen LogP contribution in [0.2, 0.25) is 0 Å². The number of aliphatic hydroxyl groups is 1. The van der Waals surface area contributed by atoms with E-state index in [4.69, 9.17) is 4.74 Å². The van der Waals surface area contributed by atoms with Gasteiger partial charge in [0.15, 0.2) is 0 Å². The Morgan fingerprint density at radius 1 is 1.35 bits per heavy atom. The first-order valence-corrected chi connectivity index (χ1v) is 8.54. The van der Waals surface area contributed by atoms with Crippen LogP contribution in [0.25, 0.3) is 0 Å². The van der Waals surface area contributed by atoms with Gasteiger partial charge in [0, 0.05) is 13.0 Å². The van der Waals surface area contributed by atoms with Crippen molar-refractivity contribution < 1.29 is 14.6 Å². The number of amides is 2. The van der Waals surface area contributed by atoms with Crippen LogP contribution in [0.5, 0.6) is 0 Å². The monoisotopic (exact) mass is 318 g/mol. The molecule has 0 bridgehead atoms. The van der Waals surface area contributed by atoms with Crippen LogP contribution in [-0.4, -0.2) is 36.5 Å². The fraction of sp³-hybridized carbons (Fsp3) is 0.611. The maximum absolute atomic E-state index is 12.2. The van der Waals surface area contributed by atoms with E-state index in [-0.39, 0.29) is 25.2 Å². The van der Waals surface area contributed by atoms with Crippen molar-refractivity contribution in [2.75, 3.05) is 19.8 Å². The molecule has 5 nitrogen and oxygen atoms in total. The van der Waals surface area contributed by atoms with Gasteiger partial charge in [0.25, 0.3) is 0 Å². The largest absolute Gasteiger partial charge is 0.386 e. The summed E-state index contributed by atoms with van der Waals surface area (Å²) in [7, 11) is 0. The minimum absolute atomic E-state index is 0.0240. The van der Waals surface area contributed by atoms with Crippen LogP contribution >= 0.6 is 0 Å². The van der Waals surface area contributed by atoms with Crippen LogP contribution in [0.3, 0.4) is 0 Å². The molecule has 1 aliphatic heterocycles. The minimum Gasteiger partial charge on any atom is -0.386 e. The molecule has 23 heavy (non-hydrogen) atoms. The summed E-state index contributed by atoms with van der Waals surface area (Å²) in [4.78, 5) is 12.2. The fourth-order valence-electron chi connectivity index (χ4n) is 3.22. The second-order valence-corrected chi connectivity index (χ2v) is 6.85. The van der Waals surface area contributed by atoms with E-state index in [0.717, 1.165) is 12.0 Å². The predicted octanol–water partition coefficient (Wildman–Crippen LogP) is 2.37. The van der Waals surface area contributed by atoms with Gasteiger partial charge < -0.3 is 20.5 Å². The van der Waals surface area contributed by atoms with Crippen LogP contribution in [0, 0.1) is 5.92 Å². The molecule has 0 radical (unpaired) electrons. The summed E-state index contributed by atoms with van der Waals surface area (Å²) in [5, 5.41) is 16.1. The third kappa shape index (κ3) is 4.45. The van der Waals surface area contributed by atoms with Crippen LogP contribution in [0.15, 0.2) is 30.3 Å². The maximum Gasteiger partial charge on any atom is 0.315 e. The highest BCUT2D eigenvalue weighted by Gasteiger charge is 2.33. The number of benzene rings is 1. The van der Waals surface area contributed by atoms with Crippen molar-refractivity contribution in [1.29, 1.82) is 0 Å². The first-order chi connectivity index (χ1) is 11.1. The second-order valence-electron chi connectivity index (χ2n) is 6.85. The first kappa shape index (κ1) is 16.3. The Bertz CT molecular complexity index is 510. The van der Waals surface area contributed by atoms with Crippen LogP contribution < -0.4 is 10.6 Å². The molecule has 1 saturated heterocycles. The zero-order valence-electron chi connectivity index (χ0n) is 13.5. The fourth-order valence-corrected chi connectivity index (χ4v) is 3.22. The van der Waals surface area contributed by atoms with Gasteiger partial charge in [-0.15, -0.1) is 0 Å². The molecule has 2 atom stereocenters. The lowest BCUT2D eigenvalue weighted by Gasteiger charge is -2.30. The normalized spacial score (nSPS) is 25.6. The van der Waals surface area contributed by atoms with Gasteiger partial charge in [0.2, 0.25) is 0 Å². The average Bonchev–Trinajstić information content (AvgIpc) is 2.96. The van der Waals surface area contributed by atoms with Gasteiger partial charge >= 0.3 is 6.03 Å². The van der Waals surface area contributed by atoms with Crippen molar-refractivity contribution in [2.24, 2.45) is 5.92 Å². The Morgan fingerprint density at radius 2 is 2.13 bits per heavy atom. The highest BCUT2D eigenvalue weighted by atomic mass is 16.5. The first-order valence-electron chi connectivity index (χ1n) is 8.54. The molecule has 126 valence electrons. The summed E-state index contributed by atoms with van der Waals surface area (Å²) >= 11 is 0. The Labute approximate surface area is 137 Å². The van der Waals surface area contributed by atoms with Crippen LogP contribution in [-0.2, 0) is 4.74 Å². The van der Waals surface area contributed by atoms with Crippen LogP contribution in [0.1, 0.15) is 43.7 Å². The third-order valence-corrected chi connectivity index (χ3v) is 4.96. The molecule has 1 aromatic carbocycles. The molecule has 0 spiro atoms. The number of ether oxygens (including phenoxy) is 1. The summed E-state index contributed by atoms with van der Waals surface area (Å²) in [6.45, 7) is 1.06. The number of hydrogen-bond donors (Lipinski definition) is 3. The zero-order valence-corrected chi connectivity index (χ0v) is 13.5. The Kier molecular flexibility index (Phi) is 5.18. The molecule has 3 rings (SSSR count). The predicted molar refractivity (Wildman–Crippen MR) is 88.1 cm³/mol. The average molecular weight is 318 g/mol. The van der Waals surface area contributed by atoms with E-state index in [1.165, 1.54) is 19.3 Å². The summed E-state index contributed by atoms with van der Waals surface area (Å²) in [5.41, 5.74) is 0.213. The van der Waals surface area contributed by atoms with Crippen molar-refractivity contribution >= 4 is 6.03 Å². The minimum atomic E-state index is -0.923. The molecular formula is C18H26N2O3. The highest BCUT2D eigenvalue weighted by molar-refractivity contribution is 5.74. The van der Waals surface area contributed by atoms with Crippen molar-refractivity contribution in [2.45, 2.75) is 43.7 Å². The topological polar surface area (TPSA) is 70.6 Å². The van der Waals surface area contributed by atoms with E-state index in [9.17, 15) is 9.90 Å². The lowest BCUT2D eigenvalue weighted by Crippen LogP contribution is -2.47. The maximum atomic E-state index is 12.2. The van der Waals surface area contributed by atoms with Crippen molar-refractivity contribution in [3.05, 3.63) is 35.9 Å². The van der Waals surface area contributed by atoms with Crippen molar-refractivity contribution in [3.63, 3.8) is 0 Å². The molecule has 2 aliphatic rings. The van der Waals surface area contributed by atoms with Gasteiger partial charge in [-0.25, -0.2) is 4.79 Å².